The van der Waals surface area contributed by atoms with Crippen LogP contribution in [0.1, 0.15) is 43.7 Å². The molecule has 122 valence electrons. The first-order valence-corrected chi connectivity index (χ1v) is 7.65. The number of aliphatic carboxylic acids is 1. The second-order valence-corrected chi connectivity index (χ2v) is 5.72. The molecule has 0 bridgehead atoms. The fourth-order valence-electron chi connectivity index (χ4n) is 2.87. The van der Waals surface area contributed by atoms with Crippen LogP contribution in [0.15, 0.2) is 16.5 Å². The number of carbonyl (C=O) groups is 2. The number of rotatable bonds is 7. The molecule has 3 atom stereocenters. The van der Waals surface area contributed by atoms with Crippen LogP contribution in [0.3, 0.4) is 0 Å². The summed E-state index contributed by atoms with van der Waals surface area (Å²) < 4.78 is 10.8. The van der Waals surface area contributed by atoms with Gasteiger partial charge in [-0.05, 0) is 31.4 Å². The van der Waals surface area contributed by atoms with Crippen molar-refractivity contribution in [1.82, 2.24) is 5.32 Å². The molecule has 6 nitrogen and oxygen atoms in total. The van der Waals surface area contributed by atoms with Crippen LogP contribution in [0.2, 0.25) is 0 Å². The van der Waals surface area contributed by atoms with Gasteiger partial charge in [-0.2, -0.15) is 0 Å². The number of ether oxygens (including phenoxy) is 1. The molecule has 1 aliphatic rings. The van der Waals surface area contributed by atoms with Gasteiger partial charge in [-0.15, -0.1) is 0 Å². The molecule has 1 unspecified atom stereocenters. The first-order chi connectivity index (χ1) is 10.5. The van der Waals surface area contributed by atoms with Gasteiger partial charge in [0.1, 0.15) is 17.6 Å². The maximum absolute atomic E-state index is 12.3. The lowest BCUT2D eigenvalue weighted by Crippen LogP contribution is -2.35. The van der Waals surface area contributed by atoms with Crippen molar-refractivity contribution in [2.45, 2.75) is 38.6 Å². The molecule has 0 spiro atoms. The van der Waals surface area contributed by atoms with E-state index >= 15 is 0 Å². The first kappa shape index (κ1) is 16.5. The summed E-state index contributed by atoms with van der Waals surface area (Å²) in [7, 11) is 1.57. The fourth-order valence-corrected chi connectivity index (χ4v) is 2.87. The van der Waals surface area contributed by atoms with E-state index in [1.807, 2.05) is 19.1 Å². The standard InChI is InChI=1S/C16H23NO5/c1-3-12-6-7-14(22-12)13(9-21-2)17-15(18)10-4-5-11(8-10)16(19)20/h6-7,10-11,13H,3-5,8-9H2,1-2H3,(H,17,18)(H,19,20)/t10-,11+,13?/m1/s1. The Bertz CT molecular complexity index is 524. The molecule has 2 rings (SSSR count). The molecule has 1 saturated carbocycles. The summed E-state index contributed by atoms with van der Waals surface area (Å²) in [5.74, 6) is -0.0763. The zero-order valence-electron chi connectivity index (χ0n) is 13.0. The molecule has 22 heavy (non-hydrogen) atoms. The van der Waals surface area contributed by atoms with Crippen molar-refractivity contribution in [3.05, 3.63) is 23.7 Å². The third kappa shape index (κ3) is 3.88. The Morgan fingerprint density at radius 2 is 2.14 bits per heavy atom. The molecule has 1 aliphatic carbocycles. The van der Waals surface area contributed by atoms with E-state index in [1.165, 1.54) is 0 Å². The van der Waals surface area contributed by atoms with Crippen LogP contribution in [0.25, 0.3) is 0 Å². The van der Waals surface area contributed by atoms with Crippen molar-refractivity contribution in [2.24, 2.45) is 11.8 Å². The molecular weight excluding hydrogens is 286 g/mol. The Morgan fingerprint density at radius 1 is 1.41 bits per heavy atom. The van der Waals surface area contributed by atoms with Gasteiger partial charge in [0.2, 0.25) is 5.91 Å². The van der Waals surface area contributed by atoms with Crippen molar-refractivity contribution < 1.29 is 23.8 Å². The molecule has 0 aliphatic heterocycles. The molecule has 1 amide bonds. The normalized spacial score (nSPS) is 22.5. The van der Waals surface area contributed by atoms with Crippen molar-refractivity contribution in [3.8, 4) is 0 Å². The Morgan fingerprint density at radius 3 is 2.68 bits per heavy atom. The third-order valence-corrected chi connectivity index (χ3v) is 4.18. The van der Waals surface area contributed by atoms with Crippen LogP contribution in [0.4, 0.5) is 0 Å². The van der Waals surface area contributed by atoms with E-state index in [4.69, 9.17) is 14.3 Å². The Hall–Kier alpha value is -1.82. The summed E-state index contributed by atoms with van der Waals surface area (Å²) in [6.45, 7) is 2.31. The van der Waals surface area contributed by atoms with E-state index in [9.17, 15) is 9.59 Å². The average Bonchev–Trinajstić information content (AvgIpc) is 3.16. The zero-order chi connectivity index (χ0) is 16.1. The molecule has 1 heterocycles. The van der Waals surface area contributed by atoms with Crippen LogP contribution in [0.5, 0.6) is 0 Å². The van der Waals surface area contributed by atoms with Gasteiger partial charge in [-0.1, -0.05) is 6.92 Å². The molecule has 0 saturated heterocycles. The number of carboxylic acids is 1. The summed E-state index contributed by atoms with van der Waals surface area (Å²) in [6, 6.07) is 3.39. The molecule has 6 heteroatoms. The predicted molar refractivity (Wildman–Crippen MR) is 79.3 cm³/mol. The van der Waals surface area contributed by atoms with E-state index < -0.39 is 11.9 Å². The Kier molecular flexibility index (Phi) is 5.60. The van der Waals surface area contributed by atoms with Gasteiger partial charge in [0, 0.05) is 19.4 Å². The van der Waals surface area contributed by atoms with E-state index in [0.717, 1.165) is 12.2 Å². The monoisotopic (exact) mass is 309 g/mol. The van der Waals surface area contributed by atoms with Gasteiger partial charge in [0.25, 0.3) is 0 Å². The van der Waals surface area contributed by atoms with Crippen molar-refractivity contribution in [1.29, 1.82) is 0 Å². The summed E-state index contributed by atoms with van der Waals surface area (Å²) in [4.78, 5) is 23.3. The largest absolute Gasteiger partial charge is 0.481 e. The Labute approximate surface area is 129 Å². The fraction of sp³-hybridized carbons (Fsp3) is 0.625. The lowest BCUT2D eigenvalue weighted by atomic mass is 10.0. The van der Waals surface area contributed by atoms with Gasteiger partial charge < -0.3 is 19.6 Å². The molecule has 1 aromatic rings. The van der Waals surface area contributed by atoms with Gasteiger partial charge in [-0.25, -0.2) is 0 Å². The lowest BCUT2D eigenvalue weighted by molar-refractivity contribution is -0.141. The number of amides is 1. The van der Waals surface area contributed by atoms with Crippen molar-refractivity contribution in [2.75, 3.05) is 13.7 Å². The van der Waals surface area contributed by atoms with Gasteiger partial charge >= 0.3 is 5.97 Å². The minimum absolute atomic E-state index is 0.125. The highest BCUT2D eigenvalue weighted by atomic mass is 16.5. The second-order valence-electron chi connectivity index (χ2n) is 5.72. The summed E-state index contributed by atoms with van der Waals surface area (Å²) >= 11 is 0. The predicted octanol–water partition coefficient (Wildman–Crippen LogP) is 2.15. The minimum atomic E-state index is -0.817. The summed E-state index contributed by atoms with van der Waals surface area (Å²) in [6.07, 6.45) is 2.36. The van der Waals surface area contributed by atoms with E-state index in [0.29, 0.717) is 31.6 Å². The SMILES string of the molecule is CCc1ccc(C(COC)NC(=O)[C@@H]2CC[C@H](C(=O)O)C2)o1. The van der Waals surface area contributed by atoms with E-state index in [-0.39, 0.29) is 17.9 Å². The van der Waals surface area contributed by atoms with Crippen LogP contribution in [0, 0.1) is 11.8 Å². The quantitative estimate of drug-likeness (QED) is 0.805. The number of carbonyl (C=O) groups excluding carboxylic acids is 1. The highest BCUT2D eigenvalue weighted by Gasteiger charge is 2.34. The maximum Gasteiger partial charge on any atom is 0.306 e. The number of aryl methyl sites for hydroxylation is 1. The number of hydrogen-bond acceptors (Lipinski definition) is 4. The number of methoxy groups -OCH3 is 1. The second kappa shape index (κ2) is 7.45. The van der Waals surface area contributed by atoms with Gasteiger partial charge in [-0.3, -0.25) is 9.59 Å². The molecule has 1 fully saturated rings. The lowest BCUT2D eigenvalue weighted by Gasteiger charge is -2.18. The van der Waals surface area contributed by atoms with Crippen LogP contribution < -0.4 is 5.32 Å². The topological polar surface area (TPSA) is 88.8 Å². The third-order valence-electron chi connectivity index (χ3n) is 4.18. The van der Waals surface area contributed by atoms with Gasteiger partial charge in [0.05, 0.1) is 12.5 Å². The average molecular weight is 309 g/mol. The molecule has 2 N–H and O–H groups in total. The van der Waals surface area contributed by atoms with Crippen LogP contribution >= 0.6 is 0 Å². The molecule has 0 radical (unpaired) electrons. The van der Waals surface area contributed by atoms with Gasteiger partial charge in [0.15, 0.2) is 0 Å². The zero-order valence-corrected chi connectivity index (χ0v) is 13.0. The van der Waals surface area contributed by atoms with Crippen molar-refractivity contribution in [3.63, 3.8) is 0 Å². The van der Waals surface area contributed by atoms with Crippen LogP contribution in [-0.2, 0) is 20.7 Å². The van der Waals surface area contributed by atoms with E-state index in [1.54, 1.807) is 7.11 Å². The summed E-state index contributed by atoms with van der Waals surface area (Å²) in [5, 5.41) is 11.9. The highest BCUT2D eigenvalue weighted by molar-refractivity contribution is 5.81. The maximum atomic E-state index is 12.3. The number of nitrogens with one attached hydrogen (secondary N) is 1. The first-order valence-electron chi connectivity index (χ1n) is 7.65. The smallest absolute Gasteiger partial charge is 0.306 e. The van der Waals surface area contributed by atoms with Crippen molar-refractivity contribution >= 4 is 11.9 Å². The number of carboxylic acid groups (broad SMARTS) is 1. The van der Waals surface area contributed by atoms with Crippen LogP contribution in [-0.4, -0.2) is 30.7 Å². The highest BCUT2D eigenvalue weighted by Crippen LogP contribution is 2.31. The molecular formula is C16H23NO5. The molecule has 1 aromatic heterocycles. The minimum Gasteiger partial charge on any atom is -0.481 e. The summed E-state index contributed by atoms with van der Waals surface area (Å²) in [5.41, 5.74) is 0. The number of hydrogen-bond donors (Lipinski definition) is 2. The number of furan rings is 1. The molecule has 0 aromatic carbocycles. The Balaban J connectivity index is 1.98. The van der Waals surface area contributed by atoms with E-state index in [2.05, 4.69) is 5.32 Å².